The van der Waals surface area contributed by atoms with Crippen molar-refractivity contribution in [3.05, 3.63) is 0 Å². The van der Waals surface area contributed by atoms with Crippen molar-refractivity contribution in [1.82, 2.24) is 0 Å². The molecule has 74 valence electrons. The van der Waals surface area contributed by atoms with Crippen LogP contribution in [-0.4, -0.2) is 22.7 Å². The summed E-state index contributed by atoms with van der Waals surface area (Å²) >= 11 is 1.89. The molecule has 0 amide bonds. The highest BCUT2D eigenvalue weighted by molar-refractivity contribution is 7.99. The highest BCUT2D eigenvalue weighted by Crippen LogP contribution is 2.33. The molecule has 3 heteroatoms. The van der Waals surface area contributed by atoms with E-state index in [-0.39, 0.29) is 0 Å². The molecule has 1 N–H and O–H groups in total. The summed E-state index contributed by atoms with van der Waals surface area (Å²) in [5.74, 6) is 2.52. The number of nitriles is 1. The Labute approximate surface area is 84.3 Å². The number of thioether (sulfide) groups is 1. The van der Waals surface area contributed by atoms with E-state index in [1.807, 2.05) is 25.6 Å². The zero-order valence-corrected chi connectivity index (χ0v) is 9.10. The maximum atomic E-state index is 9.97. The first-order valence-corrected chi connectivity index (χ1v) is 5.90. The minimum atomic E-state index is -0.595. The summed E-state index contributed by atoms with van der Waals surface area (Å²) in [4.78, 5) is 0. The van der Waals surface area contributed by atoms with E-state index in [1.165, 1.54) is 12.2 Å². The molecule has 0 bridgehead atoms. The van der Waals surface area contributed by atoms with Crippen LogP contribution in [0, 0.1) is 22.7 Å². The topological polar surface area (TPSA) is 44.0 Å². The molecular formula is C10H17NOS. The van der Waals surface area contributed by atoms with Crippen LogP contribution in [-0.2, 0) is 0 Å². The van der Waals surface area contributed by atoms with Crippen molar-refractivity contribution in [2.45, 2.75) is 32.8 Å². The molecule has 1 heterocycles. The first-order valence-electron chi connectivity index (χ1n) is 4.75. The van der Waals surface area contributed by atoms with Gasteiger partial charge in [0.15, 0.2) is 0 Å². The zero-order valence-electron chi connectivity index (χ0n) is 8.29. The minimum Gasteiger partial charge on any atom is -0.391 e. The van der Waals surface area contributed by atoms with Crippen molar-refractivity contribution < 1.29 is 5.11 Å². The van der Waals surface area contributed by atoms with Crippen LogP contribution < -0.4 is 0 Å². The molecule has 1 fully saturated rings. The minimum absolute atomic E-state index is 0.313. The third-order valence-corrected chi connectivity index (χ3v) is 3.91. The van der Waals surface area contributed by atoms with Gasteiger partial charge >= 0.3 is 0 Å². The van der Waals surface area contributed by atoms with Gasteiger partial charge in [-0.3, -0.25) is 0 Å². The summed E-state index contributed by atoms with van der Waals surface area (Å²) in [7, 11) is 0. The first-order chi connectivity index (χ1) is 6.08. The molecule has 2 atom stereocenters. The van der Waals surface area contributed by atoms with Crippen LogP contribution >= 0.6 is 11.8 Å². The number of aliphatic hydroxyl groups is 1. The summed E-state index contributed by atoms with van der Waals surface area (Å²) in [5.41, 5.74) is -0.595. The van der Waals surface area contributed by atoms with E-state index in [0.717, 1.165) is 12.2 Å². The molecule has 1 aliphatic heterocycles. The molecule has 1 saturated heterocycles. The Morgan fingerprint density at radius 3 is 2.77 bits per heavy atom. The number of nitrogens with zero attached hydrogens (tertiary/aromatic N) is 1. The number of hydrogen-bond donors (Lipinski definition) is 1. The van der Waals surface area contributed by atoms with Crippen molar-refractivity contribution in [3.8, 4) is 6.07 Å². The molecule has 0 spiro atoms. The van der Waals surface area contributed by atoms with Crippen LogP contribution in [0.2, 0.25) is 0 Å². The monoisotopic (exact) mass is 199 g/mol. The van der Waals surface area contributed by atoms with E-state index in [0.29, 0.717) is 5.92 Å². The Morgan fingerprint density at radius 2 is 2.31 bits per heavy atom. The molecule has 0 aromatic carbocycles. The van der Waals surface area contributed by atoms with Gasteiger partial charge < -0.3 is 5.11 Å². The summed E-state index contributed by atoms with van der Waals surface area (Å²) in [5, 5.41) is 18.8. The van der Waals surface area contributed by atoms with Gasteiger partial charge in [0.25, 0.3) is 0 Å². The van der Waals surface area contributed by atoms with E-state index >= 15 is 0 Å². The fraction of sp³-hybridized carbons (Fsp3) is 0.900. The number of aliphatic hydroxyl groups excluding tert-OH is 1. The Hall–Kier alpha value is -0.200. The quantitative estimate of drug-likeness (QED) is 0.740. The maximum Gasteiger partial charge on any atom is 0.0779 e. The van der Waals surface area contributed by atoms with Gasteiger partial charge in [0.05, 0.1) is 17.6 Å². The molecule has 2 unspecified atom stereocenters. The molecule has 1 aliphatic rings. The third-order valence-electron chi connectivity index (χ3n) is 2.67. The van der Waals surface area contributed by atoms with Gasteiger partial charge in [0.2, 0.25) is 0 Å². The predicted molar refractivity (Wildman–Crippen MR) is 55.4 cm³/mol. The van der Waals surface area contributed by atoms with Crippen LogP contribution in [0.3, 0.4) is 0 Å². The number of hydrogen-bond acceptors (Lipinski definition) is 3. The van der Waals surface area contributed by atoms with Crippen molar-refractivity contribution in [2.75, 3.05) is 11.5 Å². The average Bonchev–Trinajstić information content (AvgIpc) is 2.18. The molecule has 0 aromatic heterocycles. The van der Waals surface area contributed by atoms with E-state index in [2.05, 4.69) is 6.07 Å². The third kappa shape index (κ3) is 2.62. The molecule has 0 saturated carbocycles. The fourth-order valence-corrected chi connectivity index (χ4v) is 2.86. The Morgan fingerprint density at radius 1 is 1.62 bits per heavy atom. The van der Waals surface area contributed by atoms with E-state index in [9.17, 15) is 5.11 Å². The lowest BCUT2D eigenvalue weighted by molar-refractivity contribution is 0.0358. The molecule has 0 aromatic rings. The molecular weight excluding hydrogens is 182 g/mol. The second-order valence-electron chi connectivity index (χ2n) is 4.26. The van der Waals surface area contributed by atoms with Crippen LogP contribution in [0.1, 0.15) is 26.7 Å². The lowest BCUT2D eigenvalue weighted by Crippen LogP contribution is -2.37. The highest BCUT2D eigenvalue weighted by atomic mass is 32.2. The maximum absolute atomic E-state index is 9.97. The smallest absolute Gasteiger partial charge is 0.0779 e. The fourth-order valence-electron chi connectivity index (χ4n) is 1.67. The van der Waals surface area contributed by atoms with E-state index < -0.39 is 11.5 Å². The van der Waals surface area contributed by atoms with Crippen molar-refractivity contribution in [1.29, 1.82) is 5.26 Å². The van der Waals surface area contributed by atoms with Crippen molar-refractivity contribution >= 4 is 11.8 Å². The average molecular weight is 199 g/mol. The second-order valence-corrected chi connectivity index (χ2v) is 5.41. The van der Waals surface area contributed by atoms with Gasteiger partial charge in [0.1, 0.15) is 0 Å². The van der Waals surface area contributed by atoms with Crippen molar-refractivity contribution in [3.63, 3.8) is 0 Å². The molecule has 0 aliphatic carbocycles. The van der Waals surface area contributed by atoms with Crippen molar-refractivity contribution in [2.24, 2.45) is 11.3 Å². The summed E-state index contributed by atoms with van der Waals surface area (Å²) < 4.78 is 0. The standard InChI is InChI=1S/C10H17NOS/c1-10(2,7-11)9(12)8-4-3-5-13-6-8/h8-9,12H,3-6H2,1-2H3. The van der Waals surface area contributed by atoms with Crippen LogP contribution in [0.25, 0.3) is 0 Å². The van der Waals surface area contributed by atoms with Gasteiger partial charge in [0, 0.05) is 0 Å². The molecule has 2 nitrogen and oxygen atoms in total. The zero-order chi connectivity index (χ0) is 9.90. The lowest BCUT2D eigenvalue weighted by atomic mass is 9.80. The Balaban J connectivity index is 2.55. The first kappa shape index (κ1) is 10.9. The van der Waals surface area contributed by atoms with Crippen LogP contribution in [0.5, 0.6) is 0 Å². The van der Waals surface area contributed by atoms with E-state index in [1.54, 1.807) is 0 Å². The summed E-state index contributed by atoms with van der Waals surface area (Å²) in [6.07, 6.45) is 1.78. The number of rotatable bonds is 2. The second kappa shape index (κ2) is 4.34. The largest absolute Gasteiger partial charge is 0.391 e. The van der Waals surface area contributed by atoms with Crippen LogP contribution in [0.4, 0.5) is 0 Å². The Kier molecular flexibility index (Phi) is 3.63. The predicted octanol–water partition coefficient (Wildman–Crippen LogP) is 2.04. The highest BCUT2D eigenvalue weighted by Gasteiger charge is 2.34. The van der Waals surface area contributed by atoms with E-state index in [4.69, 9.17) is 5.26 Å². The molecule has 0 radical (unpaired) electrons. The Bertz CT molecular complexity index is 203. The van der Waals surface area contributed by atoms with Gasteiger partial charge in [-0.25, -0.2) is 0 Å². The SMILES string of the molecule is CC(C)(C#N)C(O)C1CCCSC1. The van der Waals surface area contributed by atoms with Gasteiger partial charge in [-0.1, -0.05) is 0 Å². The van der Waals surface area contributed by atoms with Gasteiger partial charge in [-0.15, -0.1) is 0 Å². The normalized spacial score (nSPS) is 26.5. The summed E-state index contributed by atoms with van der Waals surface area (Å²) in [6, 6.07) is 2.18. The van der Waals surface area contributed by atoms with Gasteiger partial charge in [-0.05, 0) is 44.1 Å². The van der Waals surface area contributed by atoms with Crippen LogP contribution in [0.15, 0.2) is 0 Å². The molecule has 1 rings (SSSR count). The lowest BCUT2D eigenvalue weighted by Gasteiger charge is -2.32. The summed E-state index contributed by atoms with van der Waals surface area (Å²) in [6.45, 7) is 3.63. The van der Waals surface area contributed by atoms with Gasteiger partial charge in [-0.2, -0.15) is 17.0 Å². The molecule has 13 heavy (non-hydrogen) atoms.